The van der Waals surface area contributed by atoms with Gasteiger partial charge < -0.3 is 5.73 Å². The summed E-state index contributed by atoms with van der Waals surface area (Å²) < 4.78 is 1.87. The SMILES string of the molecule is CC(C)(C)C1CCC(c2cn(CCN)nn2)CC1. The Morgan fingerprint density at radius 1 is 1.28 bits per heavy atom. The number of hydrogen-bond donors (Lipinski definition) is 1. The van der Waals surface area contributed by atoms with Crippen molar-refractivity contribution in [3.05, 3.63) is 11.9 Å². The predicted octanol–water partition coefficient (Wildman–Crippen LogP) is 2.56. The molecule has 0 unspecified atom stereocenters. The van der Waals surface area contributed by atoms with Crippen LogP contribution in [-0.2, 0) is 6.54 Å². The van der Waals surface area contributed by atoms with Crippen molar-refractivity contribution in [1.29, 1.82) is 0 Å². The second kappa shape index (κ2) is 5.39. The van der Waals surface area contributed by atoms with E-state index in [9.17, 15) is 0 Å². The summed E-state index contributed by atoms with van der Waals surface area (Å²) in [7, 11) is 0. The van der Waals surface area contributed by atoms with Gasteiger partial charge >= 0.3 is 0 Å². The molecule has 2 N–H and O–H groups in total. The third-order valence-electron chi connectivity index (χ3n) is 4.28. The molecular formula is C14H26N4. The maximum Gasteiger partial charge on any atom is 0.0857 e. The molecule has 0 radical (unpaired) electrons. The van der Waals surface area contributed by atoms with E-state index in [4.69, 9.17) is 5.73 Å². The number of nitrogens with zero attached hydrogens (tertiary/aromatic N) is 3. The van der Waals surface area contributed by atoms with Crippen LogP contribution in [0.5, 0.6) is 0 Å². The standard InChI is InChI=1S/C14H26N4/c1-14(2,3)12-6-4-11(5-7-12)13-10-18(9-8-15)17-16-13/h10-12H,4-9,15H2,1-3H3. The summed E-state index contributed by atoms with van der Waals surface area (Å²) in [5.74, 6) is 1.46. The number of hydrogen-bond acceptors (Lipinski definition) is 3. The van der Waals surface area contributed by atoms with E-state index in [2.05, 4.69) is 37.3 Å². The highest BCUT2D eigenvalue weighted by Crippen LogP contribution is 2.42. The van der Waals surface area contributed by atoms with E-state index in [-0.39, 0.29) is 0 Å². The predicted molar refractivity (Wildman–Crippen MR) is 73.2 cm³/mol. The lowest BCUT2D eigenvalue weighted by atomic mass is 9.69. The Kier molecular flexibility index (Phi) is 4.05. The van der Waals surface area contributed by atoms with E-state index in [1.807, 2.05) is 4.68 Å². The zero-order valence-corrected chi connectivity index (χ0v) is 11.9. The lowest BCUT2D eigenvalue weighted by molar-refractivity contribution is 0.168. The molecule has 0 bridgehead atoms. The van der Waals surface area contributed by atoms with Gasteiger partial charge in [0.2, 0.25) is 0 Å². The van der Waals surface area contributed by atoms with Gasteiger partial charge in [0, 0.05) is 18.7 Å². The van der Waals surface area contributed by atoms with Crippen LogP contribution >= 0.6 is 0 Å². The van der Waals surface area contributed by atoms with Crippen molar-refractivity contribution in [3.63, 3.8) is 0 Å². The maximum absolute atomic E-state index is 5.53. The average Bonchev–Trinajstić information content (AvgIpc) is 2.77. The molecule has 1 heterocycles. The average molecular weight is 250 g/mol. The first-order chi connectivity index (χ1) is 8.50. The molecule has 0 amide bonds. The molecule has 18 heavy (non-hydrogen) atoms. The molecule has 1 saturated carbocycles. The van der Waals surface area contributed by atoms with Crippen molar-refractivity contribution < 1.29 is 0 Å². The van der Waals surface area contributed by atoms with Gasteiger partial charge in [0.1, 0.15) is 0 Å². The molecule has 1 aliphatic carbocycles. The third-order valence-corrected chi connectivity index (χ3v) is 4.28. The summed E-state index contributed by atoms with van der Waals surface area (Å²) in [4.78, 5) is 0. The molecule has 0 aromatic carbocycles. The topological polar surface area (TPSA) is 56.7 Å². The Labute approximate surface area is 110 Å². The van der Waals surface area contributed by atoms with Crippen molar-refractivity contribution in [2.24, 2.45) is 17.1 Å². The van der Waals surface area contributed by atoms with Gasteiger partial charge in [-0.25, -0.2) is 0 Å². The minimum atomic E-state index is 0.447. The minimum absolute atomic E-state index is 0.447. The van der Waals surface area contributed by atoms with Gasteiger partial charge in [0.05, 0.1) is 12.2 Å². The Bertz CT molecular complexity index is 369. The monoisotopic (exact) mass is 250 g/mol. The number of nitrogens with two attached hydrogens (primary N) is 1. The van der Waals surface area contributed by atoms with Crippen LogP contribution in [0.2, 0.25) is 0 Å². The maximum atomic E-state index is 5.53. The van der Waals surface area contributed by atoms with Gasteiger partial charge in [0.15, 0.2) is 0 Å². The summed E-state index contributed by atoms with van der Waals surface area (Å²) in [6, 6.07) is 0. The molecular weight excluding hydrogens is 224 g/mol. The van der Waals surface area contributed by atoms with E-state index in [0.717, 1.165) is 18.2 Å². The van der Waals surface area contributed by atoms with Crippen LogP contribution in [-0.4, -0.2) is 21.5 Å². The Morgan fingerprint density at radius 3 is 2.50 bits per heavy atom. The van der Waals surface area contributed by atoms with Gasteiger partial charge in [-0.05, 0) is 37.0 Å². The van der Waals surface area contributed by atoms with E-state index in [1.54, 1.807) is 0 Å². The highest BCUT2D eigenvalue weighted by molar-refractivity contribution is 5.04. The van der Waals surface area contributed by atoms with Crippen LogP contribution < -0.4 is 5.73 Å². The van der Waals surface area contributed by atoms with Crippen molar-refractivity contribution in [3.8, 4) is 0 Å². The van der Waals surface area contributed by atoms with E-state index in [0.29, 0.717) is 17.9 Å². The lowest BCUT2D eigenvalue weighted by Crippen LogP contribution is -2.25. The summed E-state index contributed by atoms with van der Waals surface area (Å²) in [5.41, 5.74) is 7.14. The first-order valence-corrected chi connectivity index (χ1v) is 7.11. The summed E-state index contributed by atoms with van der Waals surface area (Å²) in [6.45, 7) is 8.46. The van der Waals surface area contributed by atoms with Crippen molar-refractivity contribution in [1.82, 2.24) is 15.0 Å². The van der Waals surface area contributed by atoms with Crippen molar-refractivity contribution in [2.75, 3.05) is 6.54 Å². The van der Waals surface area contributed by atoms with Gasteiger partial charge in [-0.2, -0.15) is 0 Å². The molecule has 0 saturated heterocycles. The zero-order chi connectivity index (χ0) is 13.2. The summed E-state index contributed by atoms with van der Waals surface area (Å²) in [6.07, 6.45) is 7.22. The lowest BCUT2D eigenvalue weighted by Gasteiger charge is -2.36. The van der Waals surface area contributed by atoms with E-state index >= 15 is 0 Å². The Balaban J connectivity index is 1.92. The molecule has 102 valence electrons. The van der Waals surface area contributed by atoms with Gasteiger partial charge in [-0.3, -0.25) is 4.68 Å². The molecule has 0 aliphatic heterocycles. The Morgan fingerprint density at radius 2 is 1.94 bits per heavy atom. The van der Waals surface area contributed by atoms with Crippen LogP contribution in [0.3, 0.4) is 0 Å². The highest BCUT2D eigenvalue weighted by atomic mass is 15.4. The summed E-state index contributed by atoms with van der Waals surface area (Å²) >= 11 is 0. The highest BCUT2D eigenvalue weighted by Gasteiger charge is 2.31. The van der Waals surface area contributed by atoms with Gasteiger partial charge in [0.25, 0.3) is 0 Å². The molecule has 0 atom stereocenters. The number of rotatable bonds is 3. The fourth-order valence-corrected chi connectivity index (χ4v) is 3.00. The molecule has 1 aromatic rings. The van der Waals surface area contributed by atoms with Gasteiger partial charge in [-0.1, -0.05) is 26.0 Å². The smallest absolute Gasteiger partial charge is 0.0857 e. The molecule has 2 rings (SSSR count). The van der Waals surface area contributed by atoms with Crippen LogP contribution in [0, 0.1) is 11.3 Å². The normalized spacial score (nSPS) is 25.3. The van der Waals surface area contributed by atoms with E-state index in [1.165, 1.54) is 25.7 Å². The second-order valence-electron chi connectivity index (χ2n) is 6.61. The molecule has 1 fully saturated rings. The fraction of sp³-hybridized carbons (Fsp3) is 0.857. The van der Waals surface area contributed by atoms with Crippen molar-refractivity contribution >= 4 is 0 Å². The first kappa shape index (κ1) is 13.5. The fourth-order valence-electron chi connectivity index (χ4n) is 3.00. The van der Waals surface area contributed by atoms with Crippen molar-refractivity contribution in [2.45, 2.75) is 58.9 Å². The van der Waals surface area contributed by atoms with E-state index < -0.39 is 0 Å². The van der Waals surface area contributed by atoms with Gasteiger partial charge in [-0.15, -0.1) is 5.10 Å². The zero-order valence-electron chi connectivity index (χ0n) is 11.9. The second-order valence-corrected chi connectivity index (χ2v) is 6.61. The van der Waals surface area contributed by atoms with Crippen LogP contribution in [0.1, 0.15) is 58.1 Å². The third kappa shape index (κ3) is 3.10. The molecule has 1 aromatic heterocycles. The molecule has 4 heteroatoms. The van der Waals surface area contributed by atoms with Crippen LogP contribution in [0.25, 0.3) is 0 Å². The minimum Gasteiger partial charge on any atom is -0.329 e. The largest absolute Gasteiger partial charge is 0.329 e. The van der Waals surface area contributed by atoms with Crippen LogP contribution in [0.4, 0.5) is 0 Å². The molecule has 1 aliphatic rings. The quantitative estimate of drug-likeness (QED) is 0.897. The summed E-state index contributed by atoms with van der Waals surface area (Å²) in [5, 5.41) is 8.44. The Hall–Kier alpha value is -0.900. The molecule has 0 spiro atoms. The number of aromatic nitrogens is 3. The van der Waals surface area contributed by atoms with Crippen LogP contribution in [0.15, 0.2) is 6.20 Å². The molecule has 4 nitrogen and oxygen atoms in total. The first-order valence-electron chi connectivity index (χ1n) is 7.11.